The molecule has 0 aliphatic rings. The van der Waals surface area contributed by atoms with Crippen LogP contribution in [0.2, 0.25) is 0 Å². The third-order valence-corrected chi connectivity index (χ3v) is 4.76. The summed E-state index contributed by atoms with van der Waals surface area (Å²) >= 11 is 0. The molecule has 7 heteroatoms. The molecular formula is C21H21FN2O4. The van der Waals surface area contributed by atoms with Crippen LogP contribution in [0.4, 0.5) is 4.39 Å². The highest BCUT2D eigenvalue weighted by Gasteiger charge is 2.34. The number of carbonyl (C=O) groups is 2. The fourth-order valence-corrected chi connectivity index (χ4v) is 3.01. The molecule has 0 bridgehead atoms. The summed E-state index contributed by atoms with van der Waals surface area (Å²) in [5.74, 6) is -1.38. The van der Waals surface area contributed by atoms with Crippen molar-refractivity contribution in [3.63, 3.8) is 0 Å². The summed E-state index contributed by atoms with van der Waals surface area (Å²) < 4.78 is 19.6. The van der Waals surface area contributed by atoms with Gasteiger partial charge in [-0.3, -0.25) is 9.59 Å². The van der Waals surface area contributed by atoms with Crippen LogP contribution in [0.1, 0.15) is 34.2 Å². The maximum absolute atomic E-state index is 14.0. The maximum Gasteiger partial charge on any atom is 0.256 e. The Morgan fingerprint density at radius 1 is 1.25 bits per heavy atom. The first-order valence-corrected chi connectivity index (χ1v) is 8.74. The van der Waals surface area contributed by atoms with Gasteiger partial charge in [0.1, 0.15) is 22.7 Å². The number of fused-ring (bicyclic) bond motifs is 1. The van der Waals surface area contributed by atoms with Crippen LogP contribution in [0, 0.1) is 12.7 Å². The largest absolute Gasteiger partial charge is 0.461 e. The van der Waals surface area contributed by atoms with Crippen molar-refractivity contribution >= 4 is 22.8 Å². The lowest BCUT2D eigenvalue weighted by atomic mass is 9.99. The number of hydrogen-bond donors (Lipinski definition) is 3. The first-order chi connectivity index (χ1) is 13.2. The number of aliphatic hydroxyl groups excluding tert-OH is 1. The number of nitrogens with one attached hydrogen (secondary N) is 1. The Bertz CT molecular complexity index is 1060. The van der Waals surface area contributed by atoms with E-state index in [9.17, 15) is 19.1 Å². The molecule has 2 amide bonds. The van der Waals surface area contributed by atoms with Crippen LogP contribution < -0.4 is 11.1 Å². The van der Waals surface area contributed by atoms with Crippen molar-refractivity contribution < 1.29 is 23.5 Å². The van der Waals surface area contributed by atoms with E-state index in [1.165, 1.54) is 13.0 Å². The van der Waals surface area contributed by atoms with Gasteiger partial charge in [-0.25, -0.2) is 4.39 Å². The van der Waals surface area contributed by atoms with Gasteiger partial charge in [0.15, 0.2) is 0 Å². The zero-order valence-corrected chi connectivity index (χ0v) is 15.6. The van der Waals surface area contributed by atoms with Crippen LogP contribution in [0.3, 0.4) is 0 Å². The lowest BCUT2D eigenvalue weighted by Gasteiger charge is -2.24. The van der Waals surface area contributed by atoms with Crippen LogP contribution >= 0.6 is 0 Å². The highest BCUT2D eigenvalue weighted by atomic mass is 19.1. The van der Waals surface area contributed by atoms with Crippen molar-refractivity contribution in [1.29, 1.82) is 0 Å². The Kier molecular flexibility index (Phi) is 5.20. The number of benzene rings is 2. The Morgan fingerprint density at radius 2 is 1.96 bits per heavy atom. The monoisotopic (exact) mass is 384 g/mol. The van der Waals surface area contributed by atoms with Gasteiger partial charge in [0.2, 0.25) is 5.91 Å². The van der Waals surface area contributed by atoms with E-state index in [-0.39, 0.29) is 11.4 Å². The molecule has 3 aromatic rings. The molecule has 0 spiro atoms. The Balaban J connectivity index is 1.99. The molecule has 146 valence electrons. The molecule has 4 N–H and O–H groups in total. The van der Waals surface area contributed by atoms with Gasteiger partial charge in [-0.1, -0.05) is 24.3 Å². The van der Waals surface area contributed by atoms with Crippen molar-refractivity contribution in [3.05, 3.63) is 70.7 Å². The first-order valence-electron chi connectivity index (χ1n) is 8.74. The minimum Gasteiger partial charge on any atom is -0.461 e. The summed E-state index contributed by atoms with van der Waals surface area (Å²) in [4.78, 5) is 24.4. The zero-order valence-electron chi connectivity index (χ0n) is 15.6. The molecular weight excluding hydrogens is 363 g/mol. The van der Waals surface area contributed by atoms with Gasteiger partial charge in [0, 0.05) is 11.8 Å². The molecule has 0 aliphatic carbocycles. The molecule has 2 aromatic carbocycles. The van der Waals surface area contributed by atoms with Gasteiger partial charge in [-0.05, 0) is 43.2 Å². The molecule has 1 aromatic heterocycles. The molecule has 0 fully saturated rings. The summed E-state index contributed by atoms with van der Waals surface area (Å²) in [6, 6.07) is 11.8. The highest BCUT2D eigenvalue weighted by Crippen LogP contribution is 2.28. The number of halogens is 1. The average Bonchev–Trinajstić information content (AvgIpc) is 2.98. The van der Waals surface area contributed by atoms with Gasteiger partial charge < -0.3 is 20.6 Å². The number of primary amides is 1. The fourth-order valence-electron chi connectivity index (χ4n) is 3.01. The number of rotatable bonds is 6. The number of aryl methyl sites for hydroxylation is 1. The van der Waals surface area contributed by atoms with Crippen molar-refractivity contribution in [3.8, 4) is 0 Å². The van der Waals surface area contributed by atoms with Crippen LogP contribution in [0.15, 0.2) is 46.9 Å². The molecule has 0 saturated carbocycles. The summed E-state index contributed by atoms with van der Waals surface area (Å²) in [7, 11) is 0. The van der Waals surface area contributed by atoms with E-state index in [0.29, 0.717) is 28.7 Å². The molecule has 0 saturated heterocycles. The molecule has 0 aliphatic heterocycles. The summed E-state index contributed by atoms with van der Waals surface area (Å²) in [5, 5.41) is 12.5. The standard InChI is InChI=1S/C21H21FN2O4/c1-12-18(19(26)24-21(2,11-25)20(23)27)15-10-13(7-8-17(15)28-12)9-14-5-3-4-6-16(14)22/h3-8,10,25H,9,11H2,1-2H3,(H2,23,27)(H,24,26)/t21-/m0/s1. The quantitative estimate of drug-likeness (QED) is 0.607. The van der Waals surface area contributed by atoms with Gasteiger partial charge in [-0.15, -0.1) is 0 Å². The summed E-state index contributed by atoms with van der Waals surface area (Å²) in [6.45, 7) is 2.34. The number of nitrogens with two attached hydrogens (primary N) is 1. The highest BCUT2D eigenvalue weighted by molar-refractivity contribution is 6.09. The third-order valence-electron chi connectivity index (χ3n) is 4.76. The molecule has 1 atom stereocenters. The average molecular weight is 384 g/mol. The van der Waals surface area contributed by atoms with E-state index in [1.54, 1.807) is 43.3 Å². The second-order valence-electron chi connectivity index (χ2n) is 6.94. The second kappa shape index (κ2) is 7.44. The number of furan rings is 1. The predicted octanol–water partition coefficient (Wildman–Crippen LogP) is 2.44. The van der Waals surface area contributed by atoms with Crippen LogP contribution in [0.25, 0.3) is 11.0 Å². The van der Waals surface area contributed by atoms with E-state index in [4.69, 9.17) is 10.2 Å². The van der Waals surface area contributed by atoms with Crippen molar-refractivity contribution in [2.75, 3.05) is 6.61 Å². The van der Waals surface area contributed by atoms with Gasteiger partial charge >= 0.3 is 0 Å². The smallest absolute Gasteiger partial charge is 0.256 e. The topological polar surface area (TPSA) is 106 Å². The number of aliphatic hydroxyl groups is 1. The van der Waals surface area contributed by atoms with E-state index < -0.39 is 24.0 Å². The van der Waals surface area contributed by atoms with E-state index >= 15 is 0 Å². The zero-order chi connectivity index (χ0) is 20.5. The fraction of sp³-hybridized carbons (Fsp3) is 0.238. The normalized spacial score (nSPS) is 13.3. The van der Waals surface area contributed by atoms with Gasteiger partial charge in [0.25, 0.3) is 5.91 Å². The van der Waals surface area contributed by atoms with Gasteiger partial charge in [-0.2, -0.15) is 0 Å². The molecule has 6 nitrogen and oxygen atoms in total. The number of carbonyl (C=O) groups excluding carboxylic acids is 2. The Labute approximate surface area is 161 Å². The van der Waals surface area contributed by atoms with E-state index in [1.807, 2.05) is 0 Å². The van der Waals surface area contributed by atoms with Crippen LogP contribution in [-0.2, 0) is 11.2 Å². The summed E-state index contributed by atoms with van der Waals surface area (Å²) in [6.07, 6.45) is 0.351. The van der Waals surface area contributed by atoms with Gasteiger partial charge in [0.05, 0.1) is 12.2 Å². The van der Waals surface area contributed by atoms with Crippen LogP contribution in [-0.4, -0.2) is 29.1 Å². The lowest BCUT2D eigenvalue weighted by Crippen LogP contribution is -2.57. The third kappa shape index (κ3) is 3.61. The minimum absolute atomic E-state index is 0.242. The molecule has 1 heterocycles. The van der Waals surface area contributed by atoms with Crippen LogP contribution in [0.5, 0.6) is 0 Å². The first kappa shape index (κ1) is 19.6. The number of hydrogen-bond acceptors (Lipinski definition) is 4. The predicted molar refractivity (Wildman–Crippen MR) is 102 cm³/mol. The minimum atomic E-state index is -1.60. The molecule has 28 heavy (non-hydrogen) atoms. The molecule has 3 rings (SSSR count). The Hall–Kier alpha value is -3.19. The lowest BCUT2D eigenvalue weighted by molar-refractivity contribution is -0.124. The van der Waals surface area contributed by atoms with Crippen molar-refractivity contribution in [1.82, 2.24) is 5.32 Å². The number of amides is 2. The Morgan fingerprint density at radius 3 is 2.61 bits per heavy atom. The maximum atomic E-state index is 14.0. The van der Waals surface area contributed by atoms with E-state index in [2.05, 4.69) is 5.32 Å². The molecule has 0 unspecified atom stereocenters. The van der Waals surface area contributed by atoms with Crippen molar-refractivity contribution in [2.24, 2.45) is 5.73 Å². The second-order valence-corrected chi connectivity index (χ2v) is 6.94. The molecule has 0 radical (unpaired) electrons. The summed E-state index contributed by atoms with van der Waals surface area (Å²) in [5.41, 5.74) is 5.75. The SMILES string of the molecule is Cc1oc2ccc(Cc3ccccc3F)cc2c1C(=O)N[C@@](C)(CO)C(N)=O. The van der Waals surface area contributed by atoms with Crippen molar-refractivity contribution in [2.45, 2.75) is 25.8 Å². The van der Waals surface area contributed by atoms with E-state index in [0.717, 1.165) is 5.56 Å².